The first kappa shape index (κ1) is 11.7. The lowest BCUT2D eigenvalue weighted by atomic mass is 10.2. The lowest BCUT2D eigenvalue weighted by Crippen LogP contribution is -2.42. The van der Waals surface area contributed by atoms with Gasteiger partial charge in [0, 0.05) is 32.7 Å². The minimum atomic E-state index is -3.53. The summed E-state index contributed by atoms with van der Waals surface area (Å²) in [6, 6.07) is 4.96. The van der Waals surface area contributed by atoms with E-state index in [0.717, 1.165) is 38.3 Å². The number of halogens is 2. The van der Waals surface area contributed by atoms with Crippen molar-refractivity contribution < 1.29 is 18.3 Å². The van der Waals surface area contributed by atoms with E-state index in [9.17, 15) is 8.78 Å². The molecule has 4 nitrogen and oxygen atoms in total. The second-order valence-electron chi connectivity index (χ2n) is 4.47. The van der Waals surface area contributed by atoms with Crippen LogP contribution in [0.15, 0.2) is 18.2 Å². The monoisotopic (exact) mass is 256 g/mol. The number of hydrogen-bond acceptors (Lipinski definition) is 4. The second-order valence-corrected chi connectivity index (χ2v) is 4.47. The maximum absolute atomic E-state index is 12.9. The highest BCUT2D eigenvalue weighted by Gasteiger charge is 2.43. The first-order valence-corrected chi connectivity index (χ1v) is 5.94. The predicted molar refractivity (Wildman–Crippen MR) is 60.8 cm³/mol. The summed E-state index contributed by atoms with van der Waals surface area (Å²) in [6.45, 7) is 4.59. The molecule has 98 valence electrons. The third kappa shape index (κ3) is 2.39. The molecular weight excluding hydrogens is 242 g/mol. The Morgan fingerprint density at radius 1 is 1.17 bits per heavy atom. The number of fused-ring (bicyclic) bond motifs is 1. The van der Waals surface area contributed by atoms with Crippen LogP contribution in [-0.4, -0.2) is 37.4 Å². The summed E-state index contributed by atoms with van der Waals surface area (Å²) in [7, 11) is 0. The molecule has 0 spiro atoms. The van der Waals surface area contributed by atoms with E-state index in [2.05, 4.69) is 19.7 Å². The van der Waals surface area contributed by atoms with Gasteiger partial charge in [0.15, 0.2) is 11.5 Å². The average molecular weight is 256 g/mol. The van der Waals surface area contributed by atoms with E-state index in [0.29, 0.717) is 0 Å². The van der Waals surface area contributed by atoms with Gasteiger partial charge in [0.2, 0.25) is 0 Å². The molecule has 1 fully saturated rings. The smallest absolute Gasteiger partial charge is 0.395 e. The molecule has 0 radical (unpaired) electrons. The summed E-state index contributed by atoms with van der Waals surface area (Å²) in [4.78, 5) is 2.27. The maximum Gasteiger partial charge on any atom is 0.586 e. The normalized spacial score (nSPS) is 22.1. The molecule has 2 aliphatic rings. The van der Waals surface area contributed by atoms with Crippen LogP contribution in [0.2, 0.25) is 0 Å². The third-order valence-electron chi connectivity index (χ3n) is 3.08. The molecule has 1 N–H and O–H groups in total. The van der Waals surface area contributed by atoms with Crippen LogP contribution in [0, 0.1) is 0 Å². The zero-order valence-corrected chi connectivity index (χ0v) is 9.79. The first-order chi connectivity index (χ1) is 8.62. The van der Waals surface area contributed by atoms with Gasteiger partial charge in [-0.2, -0.15) is 0 Å². The third-order valence-corrected chi connectivity index (χ3v) is 3.08. The van der Waals surface area contributed by atoms with Gasteiger partial charge in [0.25, 0.3) is 0 Å². The van der Waals surface area contributed by atoms with E-state index < -0.39 is 6.29 Å². The van der Waals surface area contributed by atoms with Crippen LogP contribution in [0.5, 0.6) is 11.5 Å². The summed E-state index contributed by atoms with van der Waals surface area (Å²) < 4.78 is 34.5. The van der Waals surface area contributed by atoms with Crippen molar-refractivity contribution in [2.45, 2.75) is 12.8 Å². The largest absolute Gasteiger partial charge is 0.586 e. The molecule has 0 atom stereocenters. The van der Waals surface area contributed by atoms with Crippen LogP contribution >= 0.6 is 0 Å². The average Bonchev–Trinajstić information content (AvgIpc) is 2.63. The van der Waals surface area contributed by atoms with E-state index >= 15 is 0 Å². The Morgan fingerprint density at radius 3 is 2.67 bits per heavy atom. The number of nitrogens with zero attached hydrogens (tertiary/aromatic N) is 1. The van der Waals surface area contributed by atoms with Crippen molar-refractivity contribution in [3.8, 4) is 11.5 Å². The van der Waals surface area contributed by atoms with Crippen molar-refractivity contribution in [1.82, 2.24) is 10.2 Å². The number of rotatable bonds is 2. The van der Waals surface area contributed by atoms with Gasteiger partial charge in [-0.1, -0.05) is 6.07 Å². The van der Waals surface area contributed by atoms with Crippen LogP contribution in [0.25, 0.3) is 0 Å². The number of ether oxygens (including phenoxy) is 2. The molecule has 1 saturated heterocycles. The fourth-order valence-electron chi connectivity index (χ4n) is 2.22. The fourth-order valence-corrected chi connectivity index (χ4v) is 2.22. The second kappa shape index (κ2) is 4.37. The lowest BCUT2D eigenvalue weighted by molar-refractivity contribution is -0.286. The van der Waals surface area contributed by atoms with E-state index in [1.165, 1.54) is 6.07 Å². The maximum atomic E-state index is 12.9. The van der Waals surface area contributed by atoms with Gasteiger partial charge in [-0.3, -0.25) is 4.90 Å². The molecule has 6 heteroatoms. The fraction of sp³-hybridized carbons (Fsp3) is 0.500. The van der Waals surface area contributed by atoms with Crippen molar-refractivity contribution in [3.05, 3.63) is 23.8 Å². The SMILES string of the molecule is FC1(F)Oc2ccc(CN3CCNCC3)cc2O1. The highest BCUT2D eigenvalue weighted by atomic mass is 19.3. The summed E-state index contributed by atoms with van der Waals surface area (Å²) in [5.41, 5.74) is 0.956. The van der Waals surface area contributed by atoms with Gasteiger partial charge in [-0.25, -0.2) is 0 Å². The number of piperazine rings is 1. The summed E-state index contributed by atoms with van der Waals surface area (Å²) in [6.07, 6.45) is -3.53. The Labute approximate surface area is 103 Å². The number of benzene rings is 1. The standard InChI is InChI=1S/C12H14F2N2O2/c13-12(14)17-10-2-1-9(7-11(10)18-12)8-16-5-3-15-4-6-16/h1-2,7,15H,3-6,8H2. The Kier molecular flexibility index (Phi) is 2.83. The van der Waals surface area contributed by atoms with Crippen LogP contribution in [0.4, 0.5) is 8.78 Å². The summed E-state index contributed by atoms with van der Waals surface area (Å²) in [5.74, 6) is 0.219. The molecule has 3 rings (SSSR count). The predicted octanol–water partition coefficient (Wildman–Crippen LogP) is 1.41. The quantitative estimate of drug-likeness (QED) is 0.867. The Bertz CT molecular complexity index is 448. The molecule has 18 heavy (non-hydrogen) atoms. The zero-order valence-electron chi connectivity index (χ0n) is 9.79. The molecule has 0 aromatic heterocycles. The van der Waals surface area contributed by atoms with Crippen molar-refractivity contribution in [1.29, 1.82) is 0 Å². The van der Waals surface area contributed by atoms with Gasteiger partial charge in [0.1, 0.15) is 0 Å². The molecule has 2 heterocycles. The topological polar surface area (TPSA) is 33.7 Å². The first-order valence-electron chi connectivity index (χ1n) is 5.94. The summed E-state index contributed by atoms with van der Waals surface area (Å²) in [5, 5.41) is 3.27. The van der Waals surface area contributed by atoms with Gasteiger partial charge in [0.05, 0.1) is 0 Å². The van der Waals surface area contributed by atoms with E-state index in [4.69, 9.17) is 0 Å². The molecule has 0 bridgehead atoms. The minimum absolute atomic E-state index is 0.101. The molecule has 0 amide bonds. The number of nitrogens with one attached hydrogen (secondary N) is 1. The Morgan fingerprint density at radius 2 is 1.89 bits per heavy atom. The Balaban J connectivity index is 1.71. The summed E-state index contributed by atoms with van der Waals surface area (Å²) >= 11 is 0. The van der Waals surface area contributed by atoms with E-state index in [1.54, 1.807) is 12.1 Å². The van der Waals surface area contributed by atoms with Crippen molar-refractivity contribution in [2.24, 2.45) is 0 Å². The molecule has 1 aromatic rings. The van der Waals surface area contributed by atoms with Crippen LogP contribution < -0.4 is 14.8 Å². The van der Waals surface area contributed by atoms with Crippen LogP contribution in [0.3, 0.4) is 0 Å². The van der Waals surface area contributed by atoms with Gasteiger partial charge >= 0.3 is 6.29 Å². The van der Waals surface area contributed by atoms with Gasteiger partial charge < -0.3 is 14.8 Å². The minimum Gasteiger partial charge on any atom is -0.395 e. The molecule has 2 aliphatic heterocycles. The van der Waals surface area contributed by atoms with Gasteiger partial charge in [-0.05, 0) is 17.7 Å². The van der Waals surface area contributed by atoms with Gasteiger partial charge in [-0.15, -0.1) is 8.78 Å². The molecule has 0 saturated carbocycles. The van der Waals surface area contributed by atoms with E-state index in [-0.39, 0.29) is 11.5 Å². The van der Waals surface area contributed by atoms with Crippen LogP contribution in [-0.2, 0) is 6.54 Å². The zero-order chi connectivity index (χ0) is 12.6. The van der Waals surface area contributed by atoms with E-state index in [1.807, 2.05) is 0 Å². The van der Waals surface area contributed by atoms with Crippen molar-refractivity contribution in [2.75, 3.05) is 26.2 Å². The molecule has 0 aliphatic carbocycles. The highest BCUT2D eigenvalue weighted by molar-refractivity contribution is 5.45. The molecule has 1 aromatic carbocycles. The van der Waals surface area contributed by atoms with Crippen molar-refractivity contribution in [3.63, 3.8) is 0 Å². The lowest BCUT2D eigenvalue weighted by Gasteiger charge is -2.27. The molecule has 0 unspecified atom stereocenters. The molecular formula is C12H14F2N2O2. The van der Waals surface area contributed by atoms with Crippen LogP contribution in [0.1, 0.15) is 5.56 Å². The highest BCUT2D eigenvalue weighted by Crippen LogP contribution is 2.41. The number of hydrogen-bond donors (Lipinski definition) is 1. The Hall–Kier alpha value is -1.40. The number of alkyl halides is 2. The van der Waals surface area contributed by atoms with Crippen molar-refractivity contribution >= 4 is 0 Å².